The summed E-state index contributed by atoms with van der Waals surface area (Å²) in [5, 5.41) is 3.13. The van der Waals surface area contributed by atoms with Gasteiger partial charge in [0.1, 0.15) is 11.9 Å². The summed E-state index contributed by atoms with van der Waals surface area (Å²) < 4.78 is 46.9. The van der Waals surface area contributed by atoms with E-state index in [-0.39, 0.29) is 29.6 Å². The maximum absolute atomic E-state index is 14.1. The van der Waals surface area contributed by atoms with Gasteiger partial charge in [-0.15, -0.1) is 0 Å². The number of nitrogens with one attached hydrogen (secondary N) is 1. The number of rotatable bonds is 9. The Morgan fingerprint density at radius 3 is 2.48 bits per heavy atom. The van der Waals surface area contributed by atoms with Crippen molar-refractivity contribution in [3.8, 4) is 11.7 Å². The number of carbonyl (C=O) groups is 1. The highest BCUT2D eigenvalue weighted by atomic mass is 19.3. The van der Waals surface area contributed by atoms with Gasteiger partial charge in [0.2, 0.25) is 17.7 Å². The number of halogens is 2. The van der Waals surface area contributed by atoms with Gasteiger partial charge in [0.05, 0.1) is 24.2 Å². The molecule has 0 bridgehead atoms. The zero-order valence-electron chi connectivity index (χ0n) is 23.7. The van der Waals surface area contributed by atoms with E-state index in [0.29, 0.717) is 74.5 Å². The monoisotopic (exact) mass is 584 g/mol. The first-order valence-electron chi connectivity index (χ1n) is 15.0. The highest BCUT2D eigenvalue weighted by Crippen LogP contribution is 2.32. The van der Waals surface area contributed by atoms with Crippen molar-refractivity contribution in [2.75, 3.05) is 51.0 Å². The third-order valence-corrected chi connectivity index (χ3v) is 8.51. The molecular formula is C30H38F2N6O4. The van der Waals surface area contributed by atoms with Gasteiger partial charge in [-0.1, -0.05) is 12.1 Å². The van der Waals surface area contributed by atoms with Crippen molar-refractivity contribution in [1.29, 1.82) is 0 Å². The maximum Gasteiger partial charge on any atom is 0.296 e. The van der Waals surface area contributed by atoms with Crippen LogP contribution >= 0.6 is 0 Å². The number of aromatic nitrogens is 4. The van der Waals surface area contributed by atoms with E-state index >= 15 is 0 Å². The van der Waals surface area contributed by atoms with E-state index in [1.165, 1.54) is 4.57 Å². The van der Waals surface area contributed by atoms with Crippen LogP contribution in [0.3, 0.4) is 0 Å². The number of anilines is 1. The summed E-state index contributed by atoms with van der Waals surface area (Å²) in [5.74, 6) is 1.34. The van der Waals surface area contributed by atoms with E-state index in [0.717, 1.165) is 45.3 Å². The predicted octanol–water partition coefficient (Wildman–Crippen LogP) is 4.46. The van der Waals surface area contributed by atoms with Crippen LogP contribution in [0.1, 0.15) is 57.2 Å². The first-order chi connectivity index (χ1) is 20.5. The number of benzene rings is 1. The molecule has 6 rings (SSSR count). The number of para-hydroxylation sites is 2. The lowest BCUT2D eigenvalue weighted by Crippen LogP contribution is -2.38. The number of alkyl halides is 2. The molecule has 1 aliphatic carbocycles. The lowest BCUT2D eigenvalue weighted by Gasteiger charge is -2.30. The number of hydrogen-bond acceptors (Lipinski definition) is 8. The molecule has 0 unspecified atom stereocenters. The summed E-state index contributed by atoms with van der Waals surface area (Å²) in [6.07, 6.45) is 3.07. The van der Waals surface area contributed by atoms with Crippen LogP contribution in [-0.4, -0.2) is 77.6 Å². The molecule has 2 aromatic heterocycles. The Bertz CT molecular complexity index is 1350. The number of hydrogen-bond donors (Lipinski definition) is 1. The lowest BCUT2D eigenvalue weighted by molar-refractivity contribution is -0.126. The van der Waals surface area contributed by atoms with Gasteiger partial charge < -0.3 is 24.4 Å². The van der Waals surface area contributed by atoms with Crippen molar-refractivity contribution < 1.29 is 27.8 Å². The van der Waals surface area contributed by atoms with Crippen LogP contribution in [0.5, 0.6) is 5.88 Å². The smallest absolute Gasteiger partial charge is 0.296 e. The van der Waals surface area contributed by atoms with Gasteiger partial charge in [0, 0.05) is 44.8 Å². The maximum atomic E-state index is 14.1. The van der Waals surface area contributed by atoms with Crippen molar-refractivity contribution in [2.45, 2.75) is 57.5 Å². The average Bonchev–Trinajstić information content (AvgIpc) is 3.42. The number of fused-ring (bicyclic) bond motifs is 1. The molecule has 0 radical (unpaired) electrons. The molecule has 226 valence electrons. The van der Waals surface area contributed by atoms with Crippen molar-refractivity contribution >= 4 is 22.9 Å². The highest BCUT2D eigenvalue weighted by Gasteiger charge is 2.29. The van der Waals surface area contributed by atoms with Crippen LogP contribution in [0.15, 0.2) is 30.3 Å². The van der Waals surface area contributed by atoms with Crippen molar-refractivity contribution in [1.82, 2.24) is 24.8 Å². The first-order valence-corrected chi connectivity index (χ1v) is 15.0. The molecule has 3 fully saturated rings. The summed E-state index contributed by atoms with van der Waals surface area (Å²) in [6.45, 7) is 4.57. The molecule has 12 heteroatoms. The third-order valence-electron chi connectivity index (χ3n) is 8.51. The standard InChI is InChI=1S/C30H38F2N6O4/c31-27(32)28-34-23-3-1-2-4-24(23)38(28)25-19-26(36-30(35-25)37-13-17-41-18-14-37)42-22-7-5-21(6-8-22)29(39)33-12-9-20-10-15-40-16-11-20/h1-4,19-22,27H,5-18H2,(H,33,39). The van der Waals surface area contributed by atoms with Gasteiger partial charge in [-0.25, -0.2) is 13.8 Å². The van der Waals surface area contributed by atoms with Gasteiger partial charge in [-0.05, 0) is 63.0 Å². The minimum absolute atomic E-state index is 0.0321. The summed E-state index contributed by atoms with van der Waals surface area (Å²) >= 11 is 0. The van der Waals surface area contributed by atoms with E-state index in [2.05, 4.69) is 15.3 Å². The molecule has 0 spiro atoms. The van der Waals surface area contributed by atoms with E-state index in [1.807, 2.05) is 4.90 Å². The van der Waals surface area contributed by atoms with Crippen LogP contribution in [0, 0.1) is 11.8 Å². The number of imidazole rings is 1. The Labute approximate surface area is 243 Å². The zero-order chi connectivity index (χ0) is 28.9. The molecule has 1 aromatic carbocycles. The van der Waals surface area contributed by atoms with E-state index in [9.17, 15) is 13.6 Å². The van der Waals surface area contributed by atoms with Crippen LogP contribution in [0.2, 0.25) is 0 Å². The average molecular weight is 585 g/mol. The Morgan fingerprint density at radius 1 is 0.976 bits per heavy atom. The van der Waals surface area contributed by atoms with E-state index < -0.39 is 6.43 Å². The van der Waals surface area contributed by atoms with Crippen molar-refractivity contribution in [3.63, 3.8) is 0 Å². The fourth-order valence-corrected chi connectivity index (χ4v) is 6.11. The largest absolute Gasteiger partial charge is 0.474 e. The number of ether oxygens (including phenoxy) is 3. The normalized spacial score (nSPS) is 22.0. The first kappa shape index (κ1) is 28.7. The summed E-state index contributed by atoms with van der Waals surface area (Å²) in [6, 6.07) is 8.63. The Hall–Kier alpha value is -3.38. The van der Waals surface area contributed by atoms with Gasteiger partial charge in [-0.3, -0.25) is 9.36 Å². The molecule has 1 N–H and O–H groups in total. The fourth-order valence-electron chi connectivity index (χ4n) is 6.11. The summed E-state index contributed by atoms with van der Waals surface area (Å²) in [7, 11) is 0. The molecule has 0 atom stereocenters. The molecule has 2 aliphatic heterocycles. The van der Waals surface area contributed by atoms with Crippen LogP contribution in [0.4, 0.5) is 14.7 Å². The topological polar surface area (TPSA) is 104 Å². The number of carbonyl (C=O) groups excluding carboxylic acids is 1. The zero-order valence-corrected chi connectivity index (χ0v) is 23.7. The van der Waals surface area contributed by atoms with E-state index in [4.69, 9.17) is 19.2 Å². The Kier molecular flexibility index (Phi) is 9.09. The second-order valence-electron chi connectivity index (χ2n) is 11.3. The number of amides is 1. The molecule has 2 saturated heterocycles. The molecular weight excluding hydrogens is 546 g/mol. The minimum Gasteiger partial charge on any atom is -0.474 e. The quantitative estimate of drug-likeness (QED) is 0.393. The molecule has 42 heavy (non-hydrogen) atoms. The number of morpholine rings is 1. The van der Waals surface area contributed by atoms with Gasteiger partial charge in [0.15, 0.2) is 5.82 Å². The van der Waals surface area contributed by atoms with Crippen LogP contribution in [0.25, 0.3) is 16.9 Å². The van der Waals surface area contributed by atoms with E-state index in [1.54, 1.807) is 30.3 Å². The SMILES string of the molecule is O=C(NCCC1CCOCC1)C1CCC(Oc2cc(-n3c(C(F)F)nc4ccccc43)nc(N3CCOCC3)n2)CC1. The van der Waals surface area contributed by atoms with Gasteiger partial charge in [-0.2, -0.15) is 9.97 Å². The lowest BCUT2D eigenvalue weighted by atomic mass is 9.86. The molecule has 4 heterocycles. The van der Waals surface area contributed by atoms with Crippen LogP contribution in [-0.2, 0) is 14.3 Å². The predicted molar refractivity (Wildman–Crippen MR) is 152 cm³/mol. The Balaban J connectivity index is 1.16. The second-order valence-corrected chi connectivity index (χ2v) is 11.3. The molecule has 3 aliphatic rings. The van der Waals surface area contributed by atoms with Crippen LogP contribution < -0.4 is 15.0 Å². The number of nitrogens with zero attached hydrogens (tertiary/aromatic N) is 5. The van der Waals surface area contributed by atoms with Crippen molar-refractivity contribution in [3.05, 3.63) is 36.2 Å². The highest BCUT2D eigenvalue weighted by molar-refractivity contribution is 5.79. The van der Waals surface area contributed by atoms with Gasteiger partial charge >= 0.3 is 0 Å². The van der Waals surface area contributed by atoms with Gasteiger partial charge in [0.25, 0.3) is 6.43 Å². The molecule has 1 saturated carbocycles. The van der Waals surface area contributed by atoms with Crippen molar-refractivity contribution in [2.24, 2.45) is 11.8 Å². The minimum atomic E-state index is -2.79. The molecule has 1 amide bonds. The molecule has 10 nitrogen and oxygen atoms in total. The summed E-state index contributed by atoms with van der Waals surface area (Å²) in [5.41, 5.74) is 1.000. The fraction of sp³-hybridized carbons (Fsp3) is 0.600. The second kappa shape index (κ2) is 13.3. The molecule has 3 aromatic rings. The summed E-state index contributed by atoms with van der Waals surface area (Å²) in [4.78, 5) is 28.3. The third kappa shape index (κ3) is 6.64. The Morgan fingerprint density at radius 2 is 1.71 bits per heavy atom.